The second kappa shape index (κ2) is 9.26. The van der Waals surface area contributed by atoms with Crippen LogP contribution in [0.4, 0.5) is 11.6 Å². The van der Waals surface area contributed by atoms with Crippen molar-refractivity contribution in [3.63, 3.8) is 0 Å². The summed E-state index contributed by atoms with van der Waals surface area (Å²) in [4.78, 5) is 27.6. The molecule has 0 radical (unpaired) electrons. The van der Waals surface area contributed by atoms with Crippen molar-refractivity contribution in [1.29, 1.82) is 0 Å². The average molecular weight is 444 g/mol. The minimum absolute atomic E-state index is 0.0604. The van der Waals surface area contributed by atoms with Gasteiger partial charge in [-0.25, -0.2) is 0 Å². The SMILES string of the molecule is O=C(c1cc([N+](=O)[O-])ccc1Cl)N(Cc1ccco1)Cc1ccc(N2CCCCC2)o1. The lowest BCUT2D eigenvalue weighted by atomic mass is 10.1. The molecule has 0 aliphatic carbocycles. The van der Waals surface area contributed by atoms with Crippen LogP contribution in [0.15, 0.2) is 57.6 Å². The lowest BCUT2D eigenvalue weighted by Gasteiger charge is -2.26. The number of nitro groups is 1. The van der Waals surface area contributed by atoms with Gasteiger partial charge >= 0.3 is 0 Å². The number of benzene rings is 1. The number of non-ortho nitro benzene ring substituents is 1. The number of hydrogen-bond donors (Lipinski definition) is 0. The van der Waals surface area contributed by atoms with E-state index in [2.05, 4.69) is 4.90 Å². The van der Waals surface area contributed by atoms with E-state index >= 15 is 0 Å². The largest absolute Gasteiger partial charge is 0.467 e. The number of furan rings is 2. The fourth-order valence-electron chi connectivity index (χ4n) is 3.68. The predicted octanol–water partition coefficient (Wildman–Crippen LogP) is 5.27. The molecular formula is C22H22ClN3O5. The number of halogens is 1. The fourth-order valence-corrected chi connectivity index (χ4v) is 3.87. The Kier molecular flexibility index (Phi) is 6.27. The third kappa shape index (κ3) is 4.91. The zero-order valence-electron chi connectivity index (χ0n) is 16.8. The highest BCUT2D eigenvalue weighted by Crippen LogP contribution is 2.27. The zero-order valence-corrected chi connectivity index (χ0v) is 17.6. The van der Waals surface area contributed by atoms with Crippen LogP contribution in [0.25, 0.3) is 0 Å². The summed E-state index contributed by atoms with van der Waals surface area (Å²) in [5.74, 6) is 1.54. The summed E-state index contributed by atoms with van der Waals surface area (Å²) in [6.07, 6.45) is 5.01. The molecule has 31 heavy (non-hydrogen) atoms. The maximum Gasteiger partial charge on any atom is 0.270 e. The number of anilines is 1. The number of nitro benzene ring substituents is 1. The fraction of sp³-hybridized carbons (Fsp3) is 0.318. The van der Waals surface area contributed by atoms with E-state index in [-0.39, 0.29) is 29.4 Å². The highest BCUT2D eigenvalue weighted by atomic mass is 35.5. The van der Waals surface area contributed by atoms with E-state index in [9.17, 15) is 14.9 Å². The monoisotopic (exact) mass is 443 g/mol. The lowest BCUT2D eigenvalue weighted by molar-refractivity contribution is -0.384. The zero-order chi connectivity index (χ0) is 21.8. The molecule has 0 N–H and O–H groups in total. The third-order valence-electron chi connectivity index (χ3n) is 5.27. The normalized spacial score (nSPS) is 13.9. The summed E-state index contributed by atoms with van der Waals surface area (Å²) >= 11 is 6.21. The number of rotatable bonds is 7. The molecule has 3 aromatic rings. The maximum atomic E-state index is 13.3. The topological polar surface area (TPSA) is 93.0 Å². The van der Waals surface area contributed by atoms with Crippen LogP contribution in [-0.2, 0) is 13.1 Å². The third-order valence-corrected chi connectivity index (χ3v) is 5.60. The molecule has 0 unspecified atom stereocenters. The van der Waals surface area contributed by atoms with E-state index in [0.29, 0.717) is 11.5 Å². The highest BCUT2D eigenvalue weighted by Gasteiger charge is 2.24. The Morgan fingerprint density at radius 1 is 1.10 bits per heavy atom. The summed E-state index contributed by atoms with van der Waals surface area (Å²) in [7, 11) is 0. The smallest absolute Gasteiger partial charge is 0.270 e. The molecule has 2 aromatic heterocycles. The molecule has 8 nitrogen and oxygen atoms in total. The van der Waals surface area contributed by atoms with Gasteiger partial charge in [0.15, 0.2) is 5.88 Å². The minimum atomic E-state index is -0.554. The van der Waals surface area contributed by atoms with Crippen molar-refractivity contribution >= 4 is 29.1 Å². The number of piperidine rings is 1. The number of carbonyl (C=O) groups excluding carboxylic acids is 1. The Morgan fingerprint density at radius 3 is 2.58 bits per heavy atom. The van der Waals surface area contributed by atoms with E-state index in [1.807, 2.05) is 12.1 Å². The van der Waals surface area contributed by atoms with E-state index < -0.39 is 10.8 Å². The number of hydrogen-bond acceptors (Lipinski definition) is 6. The van der Waals surface area contributed by atoms with Crippen molar-refractivity contribution in [2.45, 2.75) is 32.4 Å². The van der Waals surface area contributed by atoms with Crippen molar-refractivity contribution in [1.82, 2.24) is 4.90 Å². The van der Waals surface area contributed by atoms with Crippen molar-refractivity contribution in [2.75, 3.05) is 18.0 Å². The van der Waals surface area contributed by atoms with Crippen LogP contribution in [-0.4, -0.2) is 28.8 Å². The molecule has 0 bridgehead atoms. The Bertz CT molecular complexity index is 1060. The molecule has 1 saturated heterocycles. The highest BCUT2D eigenvalue weighted by molar-refractivity contribution is 6.33. The van der Waals surface area contributed by atoms with Gasteiger partial charge in [0.25, 0.3) is 11.6 Å². The average Bonchev–Trinajstić information content (AvgIpc) is 3.46. The standard InChI is InChI=1S/C22H22ClN3O5/c23-20-8-6-16(26(28)29)13-19(20)22(27)25(14-17-5-4-12-30-17)15-18-7-9-21(31-18)24-10-2-1-3-11-24/h4-9,12-13H,1-3,10-11,14-15H2. The van der Waals surface area contributed by atoms with Crippen molar-refractivity contribution in [3.05, 3.63) is 80.9 Å². The van der Waals surface area contributed by atoms with Gasteiger partial charge in [0, 0.05) is 31.3 Å². The van der Waals surface area contributed by atoms with Crippen LogP contribution in [0, 0.1) is 10.1 Å². The second-order valence-corrected chi connectivity index (χ2v) is 7.86. The molecule has 1 amide bonds. The van der Waals surface area contributed by atoms with Gasteiger partial charge < -0.3 is 18.6 Å². The van der Waals surface area contributed by atoms with Crippen LogP contribution < -0.4 is 4.90 Å². The van der Waals surface area contributed by atoms with E-state index in [1.54, 1.807) is 12.1 Å². The first kappa shape index (κ1) is 21.0. The number of carbonyl (C=O) groups is 1. The van der Waals surface area contributed by atoms with Gasteiger partial charge in [-0.15, -0.1) is 0 Å². The van der Waals surface area contributed by atoms with E-state index in [4.69, 9.17) is 20.4 Å². The van der Waals surface area contributed by atoms with Crippen molar-refractivity contribution < 1.29 is 18.6 Å². The lowest BCUT2D eigenvalue weighted by Crippen LogP contribution is -2.30. The number of nitrogens with zero attached hydrogens (tertiary/aromatic N) is 3. The van der Waals surface area contributed by atoms with Crippen molar-refractivity contribution in [2.24, 2.45) is 0 Å². The van der Waals surface area contributed by atoms with Gasteiger partial charge in [-0.05, 0) is 43.5 Å². The van der Waals surface area contributed by atoms with Gasteiger partial charge in [0.2, 0.25) is 0 Å². The summed E-state index contributed by atoms with van der Waals surface area (Å²) in [5, 5.41) is 11.3. The molecule has 162 valence electrons. The molecule has 1 aliphatic rings. The molecule has 1 aliphatic heterocycles. The second-order valence-electron chi connectivity index (χ2n) is 7.45. The summed E-state index contributed by atoms with van der Waals surface area (Å²) in [6, 6.07) is 11.1. The molecule has 0 atom stereocenters. The van der Waals surface area contributed by atoms with E-state index in [1.165, 1.54) is 35.8 Å². The van der Waals surface area contributed by atoms with Crippen LogP contribution in [0.1, 0.15) is 41.1 Å². The van der Waals surface area contributed by atoms with Crippen molar-refractivity contribution in [3.8, 4) is 0 Å². The van der Waals surface area contributed by atoms with Crippen LogP contribution >= 0.6 is 11.6 Å². The van der Waals surface area contributed by atoms with Gasteiger partial charge in [0.05, 0.1) is 34.9 Å². The molecule has 3 heterocycles. The summed E-state index contributed by atoms with van der Waals surface area (Å²) in [5.41, 5.74) is -0.138. The minimum Gasteiger partial charge on any atom is -0.467 e. The van der Waals surface area contributed by atoms with Gasteiger partial charge in [-0.1, -0.05) is 11.6 Å². The molecule has 1 aromatic carbocycles. The molecule has 1 fully saturated rings. The summed E-state index contributed by atoms with van der Waals surface area (Å²) in [6.45, 7) is 2.24. The number of amides is 1. The Labute approximate surface area is 184 Å². The molecule has 9 heteroatoms. The Morgan fingerprint density at radius 2 is 1.87 bits per heavy atom. The first-order chi connectivity index (χ1) is 15.0. The molecule has 4 rings (SSSR count). The van der Waals surface area contributed by atoms with Crippen LogP contribution in [0.3, 0.4) is 0 Å². The predicted molar refractivity (Wildman–Crippen MR) is 115 cm³/mol. The van der Waals surface area contributed by atoms with Crippen LogP contribution in [0.5, 0.6) is 0 Å². The molecular weight excluding hydrogens is 422 g/mol. The Balaban J connectivity index is 1.59. The van der Waals surface area contributed by atoms with E-state index in [0.717, 1.165) is 31.8 Å². The van der Waals surface area contributed by atoms with Crippen LogP contribution in [0.2, 0.25) is 5.02 Å². The van der Waals surface area contributed by atoms with Gasteiger partial charge in [-0.3, -0.25) is 14.9 Å². The molecule has 0 saturated carbocycles. The first-order valence-electron chi connectivity index (χ1n) is 10.1. The maximum absolute atomic E-state index is 13.3. The van der Waals surface area contributed by atoms with Gasteiger partial charge in [-0.2, -0.15) is 0 Å². The first-order valence-corrected chi connectivity index (χ1v) is 10.5. The molecule has 0 spiro atoms. The summed E-state index contributed by atoms with van der Waals surface area (Å²) < 4.78 is 11.4. The van der Waals surface area contributed by atoms with Gasteiger partial charge in [0.1, 0.15) is 11.5 Å². The Hall–Kier alpha value is -3.26. The quantitative estimate of drug-likeness (QED) is 0.365.